The van der Waals surface area contributed by atoms with Crippen molar-refractivity contribution in [2.75, 3.05) is 39.3 Å². The quantitative estimate of drug-likeness (QED) is 0.434. The fourth-order valence-electron chi connectivity index (χ4n) is 0.949. The molecule has 19 heavy (non-hydrogen) atoms. The topological polar surface area (TPSA) is 42.3 Å². The zero-order valence-corrected chi connectivity index (χ0v) is 17.4. The van der Waals surface area contributed by atoms with E-state index in [-0.39, 0.29) is 22.4 Å². The van der Waals surface area contributed by atoms with Crippen LogP contribution in [0.3, 0.4) is 0 Å². The van der Waals surface area contributed by atoms with Gasteiger partial charge < -0.3 is 16.0 Å². The molecule has 119 valence electrons. The monoisotopic (exact) mass is 439 g/mol. The van der Waals surface area contributed by atoms with Gasteiger partial charge in [-0.3, -0.25) is 0 Å². The molecule has 0 unspecified atom stereocenters. The number of rotatable bonds is 9. The third-order valence-corrected chi connectivity index (χ3v) is 1.82. The molecular formula is C15H36N3Ta-3. The average molecular weight is 439 g/mol. The van der Waals surface area contributed by atoms with E-state index in [1.165, 1.54) is 19.3 Å². The Labute approximate surface area is 138 Å². The van der Waals surface area contributed by atoms with Crippen molar-refractivity contribution in [2.45, 2.75) is 60.8 Å². The Bertz CT molecular complexity index is 72.4. The predicted molar refractivity (Wildman–Crippen MR) is 87.2 cm³/mol. The first-order valence-electron chi connectivity index (χ1n) is 7.64. The van der Waals surface area contributed by atoms with Crippen molar-refractivity contribution in [3.63, 3.8) is 0 Å². The minimum Gasteiger partial charge on any atom is -0.662 e. The second-order valence-corrected chi connectivity index (χ2v) is 3.79. The van der Waals surface area contributed by atoms with Gasteiger partial charge in [0.15, 0.2) is 0 Å². The molecule has 0 aromatic rings. The van der Waals surface area contributed by atoms with Crippen molar-refractivity contribution in [1.29, 1.82) is 0 Å². The van der Waals surface area contributed by atoms with Crippen molar-refractivity contribution < 1.29 is 22.4 Å². The Hall–Kier alpha value is 0.620. The van der Waals surface area contributed by atoms with Crippen molar-refractivity contribution in [1.82, 2.24) is 0 Å². The van der Waals surface area contributed by atoms with Crippen LogP contribution < -0.4 is 0 Å². The maximum atomic E-state index is 4.09. The zero-order valence-electron chi connectivity index (χ0n) is 14.2. The molecule has 0 saturated carbocycles. The molecule has 0 saturated heterocycles. The maximum Gasteiger partial charge on any atom is 0 e. The van der Waals surface area contributed by atoms with E-state index in [2.05, 4.69) is 57.5 Å². The molecule has 0 amide bonds. The van der Waals surface area contributed by atoms with Crippen LogP contribution in [0, 0.1) is 0 Å². The molecule has 0 aliphatic heterocycles. The van der Waals surface area contributed by atoms with Crippen LogP contribution in [0.25, 0.3) is 16.0 Å². The van der Waals surface area contributed by atoms with E-state index in [4.69, 9.17) is 0 Å². The van der Waals surface area contributed by atoms with Crippen LogP contribution in [-0.4, -0.2) is 39.3 Å². The van der Waals surface area contributed by atoms with E-state index in [0.29, 0.717) is 0 Å². The number of nitrogens with zero attached hydrogens (tertiary/aromatic N) is 3. The summed E-state index contributed by atoms with van der Waals surface area (Å²) in [7, 11) is 0. The van der Waals surface area contributed by atoms with E-state index < -0.39 is 0 Å². The summed E-state index contributed by atoms with van der Waals surface area (Å²) in [5.74, 6) is 0. The van der Waals surface area contributed by atoms with Crippen LogP contribution in [0.5, 0.6) is 0 Å². The fourth-order valence-corrected chi connectivity index (χ4v) is 0.949. The molecule has 0 bridgehead atoms. The Morgan fingerprint density at radius 3 is 0.737 bits per heavy atom. The van der Waals surface area contributed by atoms with Gasteiger partial charge in [0.25, 0.3) is 0 Å². The minimum atomic E-state index is 0. The van der Waals surface area contributed by atoms with Gasteiger partial charge >= 0.3 is 0 Å². The summed E-state index contributed by atoms with van der Waals surface area (Å²) in [5.41, 5.74) is 0. The second-order valence-electron chi connectivity index (χ2n) is 3.79. The summed E-state index contributed by atoms with van der Waals surface area (Å²) in [4.78, 5) is 0. The Morgan fingerprint density at radius 2 is 0.684 bits per heavy atom. The predicted octanol–water partition coefficient (Wildman–Crippen LogP) is 5.37. The van der Waals surface area contributed by atoms with Crippen LogP contribution in [0.15, 0.2) is 0 Å². The van der Waals surface area contributed by atoms with Gasteiger partial charge in [-0.1, -0.05) is 60.8 Å². The van der Waals surface area contributed by atoms with Crippen LogP contribution >= 0.6 is 0 Å². The van der Waals surface area contributed by atoms with E-state index in [9.17, 15) is 0 Å². The van der Waals surface area contributed by atoms with Gasteiger partial charge in [0.05, 0.1) is 0 Å². The second kappa shape index (κ2) is 36.3. The third kappa shape index (κ3) is 55.6. The van der Waals surface area contributed by atoms with Gasteiger partial charge in [0.2, 0.25) is 0 Å². The van der Waals surface area contributed by atoms with E-state index in [0.717, 1.165) is 39.3 Å². The molecule has 0 heterocycles. The van der Waals surface area contributed by atoms with Crippen molar-refractivity contribution in [3.05, 3.63) is 16.0 Å². The zero-order chi connectivity index (χ0) is 14.5. The molecule has 0 atom stereocenters. The summed E-state index contributed by atoms with van der Waals surface area (Å²) in [6.07, 6.45) is 3.57. The first-order chi connectivity index (χ1) is 8.74. The molecule has 3 nitrogen and oxygen atoms in total. The summed E-state index contributed by atoms with van der Waals surface area (Å²) >= 11 is 0. The summed E-state index contributed by atoms with van der Waals surface area (Å²) in [5, 5.41) is 12.3. The molecule has 0 aromatic carbocycles. The molecule has 4 heteroatoms. The number of hydrogen-bond acceptors (Lipinski definition) is 0. The average Bonchev–Trinajstić information content (AvgIpc) is 2.42. The molecule has 1 radical (unpaired) electrons. The molecule has 0 aliphatic rings. The summed E-state index contributed by atoms with van der Waals surface area (Å²) in [6.45, 7) is 18.7. The summed E-state index contributed by atoms with van der Waals surface area (Å²) < 4.78 is 0. The van der Waals surface area contributed by atoms with Crippen molar-refractivity contribution in [3.8, 4) is 0 Å². The normalized spacial score (nSPS) is 8.53. The molecule has 0 aromatic heterocycles. The van der Waals surface area contributed by atoms with Crippen molar-refractivity contribution >= 4 is 0 Å². The van der Waals surface area contributed by atoms with Crippen LogP contribution in [0.1, 0.15) is 60.8 Å². The fraction of sp³-hybridized carbons (Fsp3) is 1.00. The van der Waals surface area contributed by atoms with E-state index in [1.807, 2.05) is 0 Å². The van der Waals surface area contributed by atoms with E-state index >= 15 is 0 Å². The van der Waals surface area contributed by atoms with E-state index in [1.54, 1.807) is 0 Å². The summed E-state index contributed by atoms with van der Waals surface area (Å²) in [6, 6.07) is 0. The maximum absolute atomic E-state index is 4.09. The van der Waals surface area contributed by atoms with Gasteiger partial charge in [-0.05, 0) is 0 Å². The molecular weight excluding hydrogens is 403 g/mol. The van der Waals surface area contributed by atoms with Crippen LogP contribution in [0.4, 0.5) is 0 Å². The molecule has 0 rings (SSSR count). The van der Waals surface area contributed by atoms with Crippen LogP contribution in [0.2, 0.25) is 0 Å². The first-order valence-corrected chi connectivity index (χ1v) is 7.64. The smallest absolute Gasteiger partial charge is 0 e. The van der Waals surface area contributed by atoms with Gasteiger partial charge in [-0.2, -0.15) is 19.6 Å². The SMILES string of the molecule is CCC[N-]CC.CCC[N-]CC.CCC[N-]CC.[Ta]. The minimum absolute atomic E-state index is 0. The largest absolute Gasteiger partial charge is 0.662 e. The molecule has 0 aliphatic carbocycles. The number of hydrogen-bond donors (Lipinski definition) is 0. The first kappa shape index (κ1) is 27.9. The standard InChI is InChI=1S/3C5H12N.Ta/c3*1-3-5-6-4-2;/h3*3-5H2,1-2H3;/q3*-1;. The Morgan fingerprint density at radius 1 is 0.474 bits per heavy atom. The Kier molecular flexibility index (Phi) is 53.3. The van der Waals surface area contributed by atoms with Crippen molar-refractivity contribution in [2.24, 2.45) is 0 Å². The van der Waals surface area contributed by atoms with Crippen LogP contribution in [-0.2, 0) is 22.4 Å². The molecule has 0 spiro atoms. The Balaban J connectivity index is -0.0000000865. The van der Waals surface area contributed by atoms with Gasteiger partial charge in [0.1, 0.15) is 0 Å². The van der Waals surface area contributed by atoms with Gasteiger partial charge in [0, 0.05) is 22.4 Å². The molecule has 0 N–H and O–H groups in total. The molecule has 0 fully saturated rings. The van der Waals surface area contributed by atoms with Gasteiger partial charge in [-0.25, -0.2) is 0 Å². The third-order valence-electron chi connectivity index (χ3n) is 1.82. The van der Waals surface area contributed by atoms with Gasteiger partial charge in [-0.15, -0.1) is 19.6 Å².